The molecular weight excluding hydrogens is 402 g/mol. The van der Waals surface area contributed by atoms with Crippen molar-refractivity contribution in [2.24, 2.45) is 0 Å². The SMILES string of the molecule is CC1(C)OB(c2ccc(COC(=O)NCc3ccc(C(F)(F)F)o3)cc2)OC1(C)C. The second-order valence-corrected chi connectivity index (χ2v) is 8.02. The van der Waals surface area contributed by atoms with Gasteiger partial charge in [-0.25, -0.2) is 4.79 Å². The molecule has 1 aromatic heterocycles. The minimum atomic E-state index is -4.56. The molecule has 0 radical (unpaired) electrons. The van der Waals surface area contributed by atoms with E-state index < -0.39 is 36.4 Å². The number of alkyl carbamates (subject to hydrolysis) is 1. The number of rotatable bonds is 5. The Morgan fingerprint density at radius 2 is 1.63 bits per heavy atom. The molecule has 0 aliphatic carbocycles. The van der Waals surface area contributed by atoms with Crippen molar-refractivity contribution in [2.45, 2.75) is 58.2 Å². The van der Waals surface area contributed by atoms with Crippen molar-refractivity contribution in [3.63, 3.8) is 0 Å². The van der Waals surface area contributed by atoms with Crippen molar-refractivity contribution in [2.75, 3.05) is 0 Å². The molecule has 1 saturated heterocycles. The summed E-state index contributed by atoms with van der Waals surface area (Å²) in [6, 6.07) is 9.20. The van der Waals surface area contributed by atoms with E-state index in [1.54, 1.807) is 12.1 Å². The van der Waals surface area contributed by atoms with Crippen molar-refractivity contribution in [1.29, 1.82) is 0 Å². The maximum atomic E-state index is 12.5. The Bertz CT molecular complexity index is 877. The van der Waals surface area contributed by atoms with Gasteiger partial charge in [-0.1, -0.05) is 24.3 Å². The van der Waals surface area contributed by atoms with Crippen LogP contribution in [0.1, 0.15) is 44.8 Å². The van der Waals surface area contributed by atoms with Crippen LogP contribution in [0.2, 0.25) is 0 Å². The highest BCUT2D eigenvalue weighted by Crippen LogP contribution is 2.36. The molecule has 0 unspecified atom stereocenters. The lowest BCUT2D eigenvalue weighted by molar-refractivity contribution is -0.153. The van der Waals surface area contributed by atoms with Gasteiger partial charge in [-0.15, -0.1) is 0 Å². The van der Waals surface area contributed by atoms with E-state index >= 15 is 0 Å². The third kappa shape index (κ3) is 4.99. The molecule has 1 aliphatic rings. The molecule has 1 aliphatic heterocycles. The zero-order valence-corrected chi connectivity index (χ0v) is 17.1. The minimum Gasteiger partial charge on any atom is -0.455 e. The van der Waals surface area contributed by atoms with Crippen LogP contribution < -0.4 is 10.8 Å². The summed E-state index contributed by atoms with van der Waals surface area (Å²) in [5.74, 6) is -1.14. The molecule has 2 aromatic rings. The maximum absolute atomic E-state index is 12.5. The largest absolute Gasteiger partial charge is 0.494 e. The van der Waals surface area contributed by atoms with Crippen LogP contribution in [0.5, 0.6) is 0 Å². The van der Waals surface area contributed by atoms with Gasteiger partial charge in [-0.05, 0) is 50.9 Å². The molecule has 10 heteroatoms. The van der Waals surface area contributed by atoms with Crippen LogP contribution >= 0.6 is 0 Å². The highest BCUT2D eigenvalue weighted by molar-refractivity contribution is 6.62. The molecule has 1 amide bonds. The molecule has 0 spiro atoms. The fraction of sp³-hybridized carbons (Fsp3) is 0.450. The third-order valence-electron chi connectivity index (χ3n) is 5.22. The molecule has 0 bridgehead atoms. The van der Waals surface area contributed by atoms with E-state index in [9.17, 15) is 18.0 Å². The number of hydrogen-bond acceptors (Lipinski definition) is 5. The summed E-state index contributed by atoms with van der Waals surface area (Å²) in [5.41, 5.74) is 0.710. The van der Waals surface area contributed by atoms with Gasteiger partial charge in [0.2, 0.25) is 5.76 Å². The Morgan fingerprint density at radius 1 is 1.03 bits per heavy atom. The van der Waals surface area contributed by atoms with E-state index in [-0.39, 0.29) is 18.9 Å². The molecule has 1 aromatic carbocycles. The summed E-state index contributed by atoms with van der Waals surface area (Å²) in [5, 5.41) is 2.35. The molecule has 3 rings (SSSR count). The number of alkyl halides is 3. The summed E-state index contributed by atoms with van der Waals surface area (Å²) in [7, 11) is -0.483. The molecule has 0 saturated carbocycles. The summed E-state index contributed by atoms with van der Waals surface area (Å²) >= 11 is 0. The molecule has 1 fully saturated rings. The van der Waals surface area contributed by atoms with Crippen molar-refractivity contribution < 1.29 is 36.4 Å². The van der Waals surface area contributed by atoms with Gasteiger partial charge in [0.05, 0.1) is 17.7 Å². The molecule has 30 heavy (non-hydrogen) atoms. The predicted octanol–water partition coefficient (Wildman–Crippen LogP) is 4.02. The highest BCUT2D eigenvalue weighted by Gasteiger charge is 2.51. The summed E-state index contributed by atoms with van der Waals surface area (Å²) < 4.78 is 59.2. The van der Waals surface area contributed by atoms with Gasteiger partial charge in [0.1, 0.15) is 12.4 Å². The number of ether oxygens (including phenoxy) is 1. The normalized spacial score (nSPS) is 17.8. The standard InChI is InChI=1S/C20H23BF3NO5/c1-18(2)19(3,4)30-21(29-18)14-7-5-13(6-8-14)12-27-17(26)25-11-15-9-10-16(28-15)20(22,23)24/h5-10H,11-12H2,1-4H3,(H,25,26). The van der Waals surface area contributed by atoms with Gasteiger partial charge in [0, 0.05) is 0 Å². The lowest BCUT2D eigenvalue weighted by Crippen LogP contribution is -2.41. The van der Waals surface area contributed by atoms with E-state index in [1.807, 2.05) is 39.8 Å². The number of carbonyl (C=O) groups excluding carboxylic acids is 1. The Labute approximate surface area is 172 Å². The Balaban J connectivity index is 1.47. The summed E-state index contributed by atoms with van der Waals surface area (Å²) in [6.07, 6.45) is -5.33. The van der Waals surface area contributed by atoms with Crippen LogP contribution in [0.25, 0.3) is 0 Å². The van der Waals surface area contributed by atoms with Gasteiger partial charge in [0.25, 0.3) is 0 Å². The second-order valence-electron chi connectivity index (χ2n) is 8.02. The monoisotopic (exact) mass is 425 g/mol. The van der Waals surface area contributed by atoms with Crippen molar-refractivity contribution in [3.05, 3.63) is 53.5 Å². The number of hydrogen-bond donors (Lipinski definition) is 1. The average molecular weight is 425 g/mol. The maximum Gasteiger partial charge on any atom is 0.494 e. The number of benzene rings is 1. The topological polar surface area (TPSA) is 69.9 Å². The number of amides is 1. The smallest absolute Gasteiger partial charge is 0.455 e. The molecule has 6 nitrogen and oxygen atoms in total. The minimum absolute atomic E-state index is 0.00142. The first kappa shape index (κ1) is 22.2. The fourth-order valence-corrected chi connectivity index (χ4v) is 2.73. The first-order valence-corrected chi connectivity index (χ1v) is 9.38. The highest BCUT2D eigenvalue weighted by atomic mass is 19.4. The molecular formula is C20H23BF3NO5. The van der Waals surface area contributed by atoms with Crippen molar-refractivity contribution >= 4 is 18.7 Å². The lowest BCUT2D eigenvalue weighted by atomic mass is 9.79. The molecule has 2 heterocycles. The Morgan fingerprint density at radius 3 is 2.17 bits per heavy atom. The zero-order valence-electron chi connectivity index (χ0n) is 17.1. The van der Waals surface area contributed by atoms with E-state index in [4.69, 9.17) is 14.0 Å². The van der Waals surface area contributed by atoms with Crippen LogP contribution in [0.4, 0.5) is 18.0 Å². The zero-order chi connectivity index (χ0) is 22.2. The van der Waals surface area contributed by atoms with Crippen molar-refractivity contribution in [1.82, 2.24) is 5.32 Å². The van der Waals surface area contributed by atoms with Gasteiger partial charge < -0.3 is 23.8 Å². The Kier molecular flexibility index (Phi) is 5.93. The van der Waals surface area contributed by atoms with Crippen LogP contribution in [-0.2, 0) is 33.4 Å². The van der Waals surface area contributed by atoms with Crippen LogP contribution in [0, 0.1) is 0 Å². The predicted molar refractivity (Wildman–Crippen MR) is 103 cm³/mol. The lowest BCUT2D eigenvalue weighted by Gasteiger charge is -2.32. The number of furan rings is 1. The van der Waals surface area contributed by atoms with E-state index in [2.05, 4.69) is 9.73 Å². The van der Waals surface area contributed by atoms with Gasteiger partial charge in [-0.2, -0.15) is 13.2 Å². The number of nitrogens with one attached hydrogen (secondary N) is 1. The van der Waals surface area contributed by atoms with Gasteiger partial charge in [0.15, 0.2) is 0 Å². The third-order valence-corrected chi connectivity index (χ3v) is 5.22. The Hall–Kier alpha value is -2.46. The molecule has 162 valence electrons. The molecule has 0 atom stereocenters. The second kappa shape index (κ2) is 8.00. The van der Waals surface area contributed by atoms with E-state index in [0.29, 0.717) is 0 Å². The average Bonchev–Trinajstić information content (AvgIpc) is 3.21. The van der Waals surface area contributed by atoms with Crippen molar-refractivity contribution in [3.8, 4) is 0 Å². The summed E-state index contributed by atoms with van der Waals surface area (Å²) in [6.45, 7) is 7.68. The first-order chi connectivity index (χ1) is 13.9. The quantitative estimate of drug-likeness (QED) is 0.733. The number of halogens is 3. The van der Waals surface area contributed by atoms with Crippen LogP contribution in [0.3, 0.4) is 0 Å². The molecule has 1 N–H and O–H groups in total. The van der Waals surface area contributed by atoms with Gasteiger partial charge in [-0.3, -0.25) is 0 Å². The van der Waals surface area contributed by atoms with Crippen LogP contribution in [0.15, 0.2) is 40.8 Å². The van der Waals surface area contributed by atoms with E-state index in [0.717, 1.165) is 23.2 Å². The first-order valence-electron chi connectivity index (χ1n) is 9.38. The number of carbonyl (C=O) groups is 1. The van der Waals surface area contributed by atoms with E-state index in [1.165, 1.54) is 0 Å². The fourth-order valence-electron chi connectivity index (χ4n) is 2.73. The summed E-state index contributed by atoms with van der Waals surface area (Å²) in [4.78, 5) is 11.8. The van der Waals surface area contributed by atoms with Crippen LogP contribution in [-0.4, -0.2) is 24.4 Å². The van der Waals surface area contributed by atoms with Gasteiger partial charge >= 0.3 is 19.4 Å².